The average molecular weight is 487 g/mol. The van der Waals surface area contributed by atoms with E-state index >= 15 is 0 Å². The maximum atomic E-state index is 14.0. The highest BCUT2D eigenvalue weighted by Gasteiger charge is 2.22. The lowest BCUT2D eigenvalue weighted by Gasteiger charge is -2.26. The predicted molar refractivity (Wildman–Crippen MR) is 142 cm³/mol. The SMILES string of the molecule is O=C(c1cn(CCN2CCOCC2)c2ccccc12)c1cn(CCN2CCOCC2)c2ccccc12. The van der Waals surface area contributed by atoms with Crippen LogP contribution in [0.1, 0.15) is 15.9 Å². The molecule has 0 N–H and O–H groups in total. The lowest BCUT2D eigenvalue weighted by Crippen LogP contribution is -2.38. The molecule has 0 amide bonds. The molecule has 7 heteroatoms. The van der Waals surface area contributed by atoms with Gasteiger partial charge in [0, 0.05) is 97.7 Å². The number of hydrogen-bond acceptors (Lipinski definition) is 5. The second-order valence-corrected chi connectivity index (χ2v) is 9.74. The number of carbonyl (C=O) groups is 1. The monoisotopic (exact) mass is 486 g/mol. The molecule has 36 heavy (non-hydrogen) atoms. The van der Waals surface area contributed by atoms with Gasteiger partial charge < -0.3 is 18.6 Å². The van der Waals surface area contributed by atoms with Gasteiger partial charge in [-0.1, -0.05) is 36.4 Å². The summed E-state index contributed by atoms with van der Waals surface area (Å²) in [6.07, 6.45) is 4.13. The van der Waals surface area contributed by atoms with E-state index in [9.17, 15) is 4.79 Å². The van der Waals surface area contributed by atoms with Gasteiger partial charge in [0.2, 0.25) is 0 Å². The molecule has 188 valence electrons. The van der Waals surface area contributed by atoms with E-state index in [0.29, 0.717) is 0 Å². The molecule has 2 saturated heterocycles. The van der Waals surface area contributed by atoms with E-state index < -0.39 is 0 Å². The van der Waals surface area contributed by atoms with Crippen LogP contribution in [0.25, 0.3) is 21.8 Å². The van der Waals surface area contributed by atoms with E-state index in [2.05, 4.69) is 67.7 Å². The van der Waals surface area contributed by atoms with Gasteiger partial charge in [0.1, 0.15) is 0 Å². The van der Waals surface area contributed by atoms with Crippen LogP contribution in [0.5, 0.6) is 0 Å². The van der Waals surface area contributed by atoms with E-state index in [-0.39, 0.29) is 5.78 Å². The molecule has 2 aliphatic rings. The first-order valence-corrected chi connectivity index (χ1v) is 13.1. The predicted octanol–water partition coefficient (Wildman–Crippen LogP) is 3.49. The number of para-hydroxylation sites is 2. The maximum Gasteiger partial charge on any atom is 0.197 e. The Morgan fingerprint density at radius 2 is 1.03 bits per heavy atom. The molecule has 4 heterocycles. The standard InChI is InChI=1S/C29H34N4O3/c34-29(25-21-32(27-7-3-1-5-23(25)27)11-9-30-13-17-35-18-14-30)26-22-33(28-8-4-2-6-24(26)28)12-10-31-15-19-36-20-16-31/h1-8,21-22H,9-20H2. The van der Waals surface area contributed by atoms with Crippen LogP contribution in [0, 0.1) is 0 Å². The molecule has 2 aromatic carbocycles. The molecule has 0 unspecified atom stereocenters. The summed E-state index contributed by atoms with van der Waals surface area (Å²) in [6, 6.07) is 16.6. The van der Waals surface area contributed by atoms with Crippen molar-refractivity contribution in [2.75, 3.05) is 65.7 Å². The second-order valence-electron chi connectivity index (χ2n) is 9.74. The van der Waals surface area contributed by atoms with Crippen molar-refractivity contribution in [3.63, 3.8) is 0 Å². The van der Waals surface area contributed by atoms with E-state index in [4.69, 9.17) is 9.47 Å². The molecule has 0 saturated carbocycles. The zero-order valence-electron chi connectivity index (χ0n) is 20.8. The van der Waals surface area contributed by atoms with Gasteiger partial charge >= 0.3 is 0 Å². The van der Waals surface area contributed by atoms with Gasteiger partial charge in [-0.3, -0.25) is 14.6 Å². The molecule has 2 fully saturated rings. The summed E-state index contributed by atoms with van der Waals surface area (Å²) in [7, 11) is 0. The van der Waals surface area contributed by atoms with Crippen LogP contribution in [0.15, 0.2) is 60.9 Å². The second kappa shape index (κ2) is 10.6. The third kappa shape index (κ3) is 4.72. The van der Waals surface area contributed by atoms with E-state index in [1.807, 2.05) is 12.1 Å². The topological polar surface area (TPSA) is 51.9 Å². The fourth-order valence-corrected chi connectivity index (χ4v) is 5.52. The van der Waals surface area contributed by atoms with Crippen molar-refractivity contribution in [1.82, 2.24) is 18.9 Å². The Bertz CT molecular complexity index is 1240. The minimum absolute atomic E-state index is 0.0950. The Kier molecular flexibility index (Phi) is 6.88. The third-order valence-electron chi connectivity index (χ3n) is 7.59. The van der Waals surface area contributed by atoms with E-state index in [0.717, 1.165) is 112 Å². The van der Waals surface area contributed by atoms with Crippen LogP contribution in [-0.2, 0) is 22.6 Å². The van der Waals surface area contributed by atoms with Gasteiger partial charge in [-0.05, 0) is 12.1 Å². The molecule has 0 radical (unpaired) electrons. The fraction of sp³-hybridized carbons (Fsp3) is 0.414. The molecule has 0 atom stereocenters. The number of carbonyl (C=O) groups excluding carboxylic acids is 1. The summed E-state index contributed by atoms with van der Waals surface area (Å²) in [4.78, 5) is 18.9. The average Bonchev–Trinajstić information content (AvgIpc) is 3.50. The van der Waals surface area contributed by atoms with Crippen molar-refractivity contribution >= 4 is 27.6 Å². The Morgan fingerprint density at radius 1 is 0.611 bits per heavy atom. The van der Waals surface area contributed by atoms with Gasteiger partial charge in [0.25, 0.3) is 0 Å². The zero-order valence-corrected chi connectivity index (χ0v) is 20.8. The van der Waals surface area contributed by atoms with Crippen LogP contribution in [-0.4, -0.2) is 90.4 Å². The lowest BCUT2D eigenvalue weighted by atomic mass is 10.0. The molecule has 0 aliphatic carbocycles. The lowest BCUT2D eigenvalue weighted by molar-refractivity contribution is 0.0365. The highest BCUT2D eigenvalue weighted by Crippen LogP contribution is 2.28. The molecule has 0 bridgehead atoms. The number of hydrogen-bond donors (Lipinski definition) is 0. The van der Waals surface area contributed by atoms with Crippen molar-refractivity contribution in [3.05, 3.63) is 72.1 Å². The number of aromatic nitrogens is 2. The molecule has 2 aromatic heterocycles. The van der Waals surface area contributed by atoms with Gasteiger partial charge in [0.15, 0.2) is 5.78 Å². The quantitative estimate of drug-likeness (QED) is 0.357. The maximum absolute atomic E-state index is 14.0. The highest BCUT2D eigenvalue weighted by atomic mass is 16.5. The Morgan fingerprint density at radius 3 is 1.47 bits per heavy atom. The molecule has 4 aromatic rings. The first-order valence-electron chi connectivity index (χ1n) is 13.1. The van der Waals surface area contributed by atoms with Crippen molar-refractivity contribution in [2.45, 2.75) is 13.1 Å². The van der Waals surface area contributed by atoms with Gasteiger partial charge in [0.05, 0.1) is 26.4 Å². The van der Waals surface area contributed by atoms with Gasteiger partial charge in [-0.2, -0.15) is 0 Å². The van der Waals surface area contributed by atoms with Crippen LogP contribution in [0.4, 0.5) is 0 Å². The van der Waals surface area contributed by atoms with Crippen LogP contribution < -0.4 is 0 Å². The van der Waals surface area contributed by atoms with Crippen LogP contribution in [0.2, 0.25) is 0 Å². The molecule has 2 aliphatic heterocycles. The number of morpholine rings is 2. The number of ether oxygens (including phenoxy) is 2. The highest BCUT2D eigenvalue weighted by molar-refractivity contribution is 6.21. The smallest absolute Gasteiger partial charge is 0.197 e. The van der Waals surface area contributed by atoms with Crippen molar-refractivity contribution in [2.24, 2.45) is 0 Å². The number of fused-ring (bicyclic) bond motifs is 2. The van der Waals surface area contributed by atoms with Crippen LogP contribution >= 0.6 is 0 Å². The molecule has 6 rings (SSSR count). The summed E-state index contributed by atoms with van der Waals surface area (Å²) >= 11 is 0. The Labute approximate surface area is 211 Å². The summed E-state index contributed by atoms with van der Waals surface area (Å²) in [5, 5.41) is 2.05. The molecular formula is C29H34N4O3. The first-order chi connectivity index (χ1) is 17.8. The third-order valence-corrected chi connectivity index (χ3v) is 7.59. The first kappa shape index (κ1) is 23.4. The van der Waals surface area contributed by atoms with Crippen molar-refractivity contribution in [3.8, 4) is 0 Å². The van der Waals surface area contributed by atoms with Gasteiger partial charge in [-0.15, -0.1) is 0 Å². The molecule has 0 spiro atoms. The van der Waals surface area contributed by atoms with Gasteiger partial charge in [-0.25, -0.2) is 0 Å². The van der Waals surface area contributed by atoms with Crippen LogP contribution in [0.3, 0.4) is 0 Å². The normalized spacial score (nSPS) is 17.8. The van der Waals surface area contributed by atoms with Crippen molar-refractivity contribution in [1.29, 1.82) is 0 Å². The Hall–Kier alpha value is -2.97. The minimum atomic E-state index is 0.0950. The number of nitrogens with zero attached hydrogens (tertiary/aromatic N) is 4. The van der Waals surface area contributed by atoms with E-state index in [1.54, 1.807) is 0 Å². The molecule has 7 nitrogen and oxygen atoms in total. The largest absolute Gasteiger partial charge is 0.379 e. The van der Waals surface area contributed by atoms with E-state index in [1.165, 1.54) is 0 Å². The Balaban J connectivity index is 1.29. The zero-order chi connectivity index (χ0) is 24.3. The summed E-state index contributed by atoms with van der Waals surface area (Å²) < 4.78 is 15.5. The van der Waals surface area contributed by atoms with Crippen molar-refractivity contribution < 1.29 is 14.3 Å². The summed E-state index contributed by atoms with van der Waals surface area (Å²) in [5.74, 6) is 0.0950. The number of ketones is 1. The number of benzene rings is 2. The fourth-order valence-electron chi connectivity index (χ4n) is 5.52. The summed E-state index contributed by atoms with van der Waals surface area (Å²) in [6.45, 7) is 10.7. The minimum Gasteiger partial charge on any atom is -0.379 e. The summed E-state index contributed by atoms with van der Waals surface area (Å²) in [5.41, 5.74) is 3.79. The number of rotatable bonds is 8. The molecular weight excluding hydrogens is 452 g/mol.